The van der Waals surface area contributed by atoms with Crippen molar-refractivity contribution in [2.75, 3.05) is 13.1 Å². The highest BCUT2D eigenvalue weighted by Gasteiger charge is 2.28. The zero-order chi connectivity index (χ0) is 22.7. The number of benzene rings is 3. The molecule has 5 nitrogen and oxygen atoms in total. The van der Waals surface area contributed by atoms with Crippen LogP contribution < -0.4 is 5.32 Å². The lowest BCUT2D eigenvalue weighted by molar-refractivity contribution is 0.0942. The van der Waals surface area contributed by atoms with Crippen LogP contribution in [0, 0.1) is 6.92 Å². The van der Waals surface area contributed by atoms with Crippen molar-refractivity contribution in [1.82, 2.24) is 9.62 Å². The summed E-state index contributed by atoms with van der Waals surface area (Å²) in [4.78, 5) is 13.5. The third kappa shape index (κ3) is 4.72. The Morgan fingerprint density at radius 2 is 1.56 bits per heavy atom. The summed E-state index contributed by atoms with van der Waals surface area (Å²) in [6.07, 6.45) is 1.72. The van der Waals surface area contributed by atoms with Gasteiger partial charge in [-0.25, -0.2) is 8.42 Å². The van der Waals surface area contributed by atoms with Crippen molar-refractivity contribution in [2.45, 2.75) is 30.7 Å². The van der Waals surface area contributed by atoms with Crippen molar-refractivity contribution in [1.29, 1.82) is 0 Å². The second-order valence-corrected chi connectivity index (χ2v) is 10.3. The maximum absolute atomic E-state index is 13.3. The van der Waals surface area contributed by atoms with E-state index in [0.29, 0.717) is 29.2 Å². The molecule has 1 fully saturated rings. The average Bonchev–Trinajstić information content (AvgIpc) is 3.35. The first-order valence-corrected chi connectivity index (χ1v) is 12.4. The molecule has 3 aromatic rings. The van der Waals surface area contributed by atoms with Crippen LogP contribution in [-0.4, -0.2) is 31.7 Å². The average molecular weight is 469 g/mol. The van der Waals surface area contributed by atoms with Gasteiger partial charge in [0.05, 0.1) is 10.9 Å². The van der Waals surface area contributed by atoms with Crippen LogP contribution in [0.3, 0.4) is 0 Å². The lowest BCUT2D eigenvalue weighted by Gasteiger charge is -2.21. The molecular formula is C25H25ClN2O3S. The summed E-state index contributed by atoms with van der Waals surface area (Å²) in [5.74, 6) is -0.329. The third-order valence-corrected chi connectivity index (χ3v) is 7.91. The van der Waals surface area contributed by atoms with Gasteiger partial charge in [-0.2, -0.15) is 4.31 Å². The first kappa shape index (κ1) is 22.5. The molecule has 32 heavy (non-hydrogen) atoms. The van der Waals surface area contributed by atoms with Gasteiger partial charge >= 0.3 is 0 Å². The lowest BCUT2D eigenvalue weighted by Crippen LogP contribution is -2.31. The summed E-state index contributed by atoms with van der Waals surface area (Å²) in [6.45, 7) is 2.84. The molecule has 166 valence electrons. The number of aryl methyl sites for hydroxylation is 1. The van der Waals surface area contributed by atoms with Crippen molar-refractivity contribution in [3.05, 3.63) is 100 Å². The number of carbonyl (C=O) groups is 1. The van der Waals surface area contributed by atoms with E-state index >= 15 is 0 Å². The van der Waals surface area contributed by atoms with Gasteiger partial charge in [-0.1, -0.05) is 60.1 Å². The Kier molecular flexibility index (Phi) is 6.65. The molecule has 0 saturated carbocycles. The monoisotopic (exact) mass is 468 g/mol. The Morgan fingerprint density at radius 3 is 2.22 bits per heavy atom. The number of nitrogens with zero attached hydrogens (tertiary/aromatic N) is 1. The Morgan fingerprint density at radius 1 is 0.938 bits per heavy atom. The van der Waals surface area contributed by atoms with Gasteiger partial charge in [-0.05, 0) is 60.7 Å². The number of amides is 1. The molecule has 0 spiro atoms. The molecule has 1 heterocycles. The van der Waals surface area contributed by atoms with Crippen molar-refractivity contribution in [3.63, 3.8) is 0 Å². The highest BCUT2D eigenvalue weighted by Crippen LogP contribution is 2.26. The molecule has 1 saturated heterocycles. The molecule has 1 aliphatic rings. The van der Waals surface area contributed by atoms with E-state index in [0.717, 1.165) is 24.0 Å². The fourth-order valence-electron chi connectivity index (χ4n) is 3.95. The van der Waals surface area contributed by atoms with Gasteiger partial charge in [0.1, 0.15) is 0 Å². The standard InChI is InChI=1S/C25H25ClN2O3S/c1-18-9-14-22(32(30,31)28-15-5-6-16-28)17-23(18)25(29)27-24(19-7-3-2-4-8-19)20-10-12-21(26)13-11-20/h2-4,7-14,17,24H,5-6,15-16H2,1H3,(H,27,29)/t24-/m0/s1. The minimum Gasteiger partial charge on any atom is -0.341 e. The lowest BCUT2D eigenvalue weighted by atomic mass is 9.98. The van der Waals surface area contributed by atoms with Crippen molar-refractivity contribution in [3.8, 4) is 0 Å². The van der Waals surface area contributed by atoms with E-state index in [1.807, 2.05) is 42.5 Å². The van der Waals surface area contributed by atoms with Crippen molar-refractivity contribution >= 4 is 27.5 Å². The second-order valence-electron chi connectivity index (χ2n) is 7.96. The zero-order valence-corrected chi connectivity index (χ0v) is 19.4. The number of sulfonamides is 1. The fraction of sp³-hybridized carbons (Fsp3) is 0.240. The predicted octanol–water partition coefficient (Wildman–Crippen LogP) is 4.95. The predicted molar refractivity (Wildman–Crippen MR) is 126 cm³/mol. The Balaban J connectivity index is 1.67. The maximum Gasteiger partial charge on any atom is 0.252 e. The SMILES string of the molecule is Cc1ccc(S(=O)(=O)N2CCCC2)cc1C(=O)N[C@@H](c1ccccc1)c1ccc(Cl)cc1. The third-order valence-electron chi connectivity index (χ3n) is 5.77. The smallest absolute Gasteiger partial charge is 0.252 e. The maximum atomic E-state index is 13.3. The molecule has 1 atom stereocenters. The van der Waals surface area contributed by atoms with Crippen LogP contribution in [0.4, 0.5) is 0 Å². The summed E-state index contributed by atoms with van der Waals surface area (Å²) < 4.78 is 27.5. The van der Waals surface area contributed by atoms with Crippen molar-refractivity contribution < 1.29 is 13.2 Å². The highest BCUT2D eigenvalue weighted by atomic mass is 35.5. The molecule has 1 aliphatic heterocycles. The molecule has 4 rings (SSSR count). The summed E-state index contributed by atoms with van der Waals surface area (Å²) in [7, 11) is -3.61. The molecule has 0 radical (unpaired) electrons. The highest BCUT2D eigenvalue weighted by molar-refractivity contribution is 7.89. The van der Waals surface area contributed by atoms with Crippen LogP contribution in [0.2, 0.25) is 5.02 Å². The number of rotatable bonds is 6. The second kappa shape index (κ2) is 9.45. The van der Waals surface area contributed by atoms with E-state index in [9.17, 15) is 13.2 Å². The molecule has 0 aromatic heterocycles. The minimum atomic E-state index is -3.61. The molecule has 1 N–H and O–H groups in total. The molecule has 7 heteroatoms. The van der Waals surface area contributed by atoms with Crippen LogP contribution >= 0.6 is 11.6 Å². The number of carbonyl (C=O) groups excluding carboxylic acids is 1. The van der Waals surface area contributed by atoms with E-state index in [1.165, 1.54) is 10.4 Å². The van der Waals surface area contributed by atoms with Gasteiger partial charge in [-0.3, -0.25) is 4.79 Å². The van der Waals surface area contributed by atoms with Crippen molar-refractivity contribution in [2.24, 2.45) is 0 Å². The molecule has 3 aromatic carbocycles. The van der Waals surface area contributed by atoms with E-state index in [2.05, 4.69) is 5.32 Å². The van der Waals surface area contributed by atoms with E-state index in [-0.39, 0.29) is 10.8 Å². The van der Waals surface area contributed by atoms with Gasteiger partial charge in [0.15, 0.2) is 0 Å². The minimum absolute atomic E-state index is 0.151. The van der Waals surface area contributed by atoms with E-state index < -0.39 is 16.1 Å². The summed E-state index contributed by atoms with van der Waals surface area (Å²) in [6, 6.07) is 21.3. The first-order chi connectivity index (χ1) is 15.4. The summed E-state index contributed by atoms with van der Waals surface area (Å²) in [5, 5.41) is 3.70. The Hall–Kier alpha value is -2.67. The summed E-state index contributed by atoms with van der Waals surface area (Å²) >= 11 is 6.05. The fourth-order valence-corrected chi connectivity index (χ4v) is 5.62. The number of hydrogen-bond donors (Lipinski definition) is 1. The first-order valence-electron chi connectivity index (χ1n) is 10.6. The van der Waals surface area contributed by atoms with Gasteiger partial charge in [0.2, 0.25) is 10.0 Å². The quantitative estimate of drug-likeness (QED) is 0.556. The van der Waals surface area contributed by atoms with Crippen LogP contribution in [0.25, 0.3) is 0 Å². The molecule has 0 aliphatic carbocycles. The van der Waals surface area contributed by atoms with Crippen LogP contribution in [0.1, 0.15) is 45.9 Å². The van der Waals surface area contributed by atoms with E-state index in [1.54, 1.807) is 31.2 Å². The van der Waals surface area contributed by atoms with Gasteiger partial charge in [-0.15, -0.1) is 0 Å². The van der Waals surface area contributed by atoms with Crippen LogP contribution in [-0.2, 0) is 10.0 Å². The summed E-state index contributed by atoms with van der Waals surface area (Å²) in [5.41, 5.74) is 2.86. The topological polar surface area (TPSA) is 66.5 Å². The number of halogens is 1. The number of hydrogen-bond acceptors (Lipinski definition) is 3. The van der Waals surface area contributed by atoms with Crippen LogP contribution in [0.5, 0.6) is 0 Å². The Labute approximate surface area is 194 Å². The van der Waals surface area contributed by atoms with Gasteiger partial charge in [0.25, 0.3) is 5.91 Å². The molecular weight excluding hydrogens is 444 g/mol. The van der Waals surface area contributed by atoms with Crippen LogP contribution in [0.15, 0.2) is 77.7 Å². The van der Waals surface area contributed by atoms with E-state index in [4.69, 9.17) is 11.6 Å². The largest absolute Gasteiger partial charge is 0.341 e. The molecule has 0 bridgehead atoms. The van der Waals surface area contributed by atoms with Gasteiger partial charge in [0, 0.05) is 23.7 Å². The molecule has 0 unspecified atom stereocenters. The molecule has 1 amide bonds. The van der Waals surface area contributed by atoms with Gasteiger partial charge < -0.3 is 5.32 Å². The zero-order valence-electron chi connectivity index (χ0n) is 17.8. The Bertz CT molecular complexity index is 1210. The number of nitrogens with one attached hydrogen (secondary N) is 1. The normalized spacial score (nSPS) is 15.4.